The van der Waals surface area contributed by atoms with Crippen LogP contribution in [0.2, 0.25) is 0 Å². The third kappa shape index (κ3) is 4.52. The Balaban J connectivity index is 1.15. The SMILES string of the molecule is O=C(OCCCCCCCCCC1CO1)c1ccc2ccc3cccc4ccc1c2c34. The van der Waals surface area contributed by atoms with E-state index in [1.807, 2.05) is 12.1 Å². The summed E-state index contributed by atoms with van der Waals surface area (Å²) in [4.78, 5) is 12.8. The first-order chi connectivity index (χ1) is 15.3. The van der Waals surface area contributed by atoms with Crippen molar-refractivity contribution < 1.29 is 14.3 Å². The van der Waals surface area contributed by atoms with Crippen LogP contribution in [0, 0.1) is 0 Å². The first-order valence-corrected chi connectivity index (χ1v) is 11.8. The first-order valence-electron chi connectivity index (χ1n) is 11.8. The third-order valence-corrected chi connectivity index (χ3v) is 6.55. The van der Waals surface area contributed by atoms with Gasteiger partial charge in [0.15, 0.2) is 0 Å². The van der Waals surface area contributed by atoms with Crippen molar-refractivity contribution in [3.63, 3.8) is 0 Å². The van der Waals surface area contributed by atoms with Crippen molar-refractivity contribution in [2.75, 3.05) is 13.2 Å². The Hall–Kier alpha value is -2.65. The highest BCUT2D eigenvalue weighted by Crippen LogP contribution is 2.36. The fourth-order valence-electron chi connectivity index (χ4n) is 4.75. The summed E-state index contributed by atoms with van der Waals surface area (Å²) in [6.07, 6.45) is 10.3. The van der Waals surface area contributed by atoms with Gasteiger partial charge in [-0.1, -0.05) is 87.1 Å². The van der Waals surface area contributed by atoms with Crippen molar-refractivity contribution in [1.29, 1.82) is 0 Å². The molecule has 3 nitrogen and oxygen atoms in total. The number of carbonyl (C=O) groups excluding carboxylic acids is 1. The number of hydrogen-bond donors (Lipinski definition) is 0. The minimum Gasteiger partial charge on any atom is -0.462 e. The highest BCUT2D eigenvalue weighted by molar-refractivity contribution is 6.25. The minimum atomic E-state index is -0.208. The molecule has 0 amide bonds. The van der Waals surface area contributed by atoms with E-state index in [1.54, 1.807) is 0 Å². The molecular formula is C28H30O3. The molecule has 5 rings (SSSR count). The molecule has 160 valence electrons. The van der Waals surface area contributed by atoms with E-state index in [2.05, 4.69) is 42.5 Å². The maximum Gasteiger partial charge on any atom is 0.338 e. The Labute approximate surface area is 183 Å². The van der Waals surface area contributed by atoms with Crippen molar-refractivity contribution in [3.05, 3.63) is 60.2 Å². The lowest BCUT2D eigenvalue weighted by Crippen LogP contribution is -2.07. The molecular weight excluding hydrogens is 384 g/mol. The number of carbonyl (C=O) groups is 1. The highest BCUT2D eigenvalue weighted by Gasteiger charge is 2.20. The molecule has 4 aromatic carbocycles. The fraction of sp³-hybridized carbons (Fsp3) is 0.393. The molecule has 0 saturated carbocycles. The minimum absolute atomic E-state index is 0.208. The molecule has 0 aliphatic carbocycles. The molecule has 0 spiro atoms. The molecule has 1 aliphatic rings. The van der Waals surface area contributed by atoms with Gasteiger partial charge in [-0.3, -0.25) is 0 Å². The largest absolute Gasteiger partial charge is 0.462 e. The van der Waals surface area contributed by atoms with Crippen LogP contribution in [0.25, 0.3) is 32.3 Å². The van der Waals surface area contributed by atoms with Gasteiger partial charge in [0, 0.05) is 0 Å². The molecule has 0 radical (unpaired) electrons. The number of benzene rings is 4. The van der Waals surface area contributed by atoms with Gasteiger partial charge in [0.1, 0.15) is 0 Å². The maximum atomic E-state index is 12.8. The number of epoxide rings is 1. The summed E-state index contributed by atoms with van der Waals surface area (Å²) < 4.78 is 10.9. The average molecular weight is 415 g/mol. The third-order valence-electron chi connectivity index (χ3n) is 6.55. The zero-order valence-electron chi connectivity index (χ0n) is 18.1. The molecule has 0 bridgehead atoms. The van der Waals surface area contributed by atoms with Gasteiger partial charge in [-0.15, -0.1) is 0 Å². The summed E-state index contributed by atoms with van der Waals surface area (Å²) >= 11 is 0. The molecule has 1 fully saturated rings. The smallest absolute Gasteiger partial charge is 0.338 e. The van der Waals surface area contributed by atoms with Crippen LogP contribution in [0.5, 0.6) is 0 Å². The van der Waals surface area contributed by atoms with Crippen molar-refractivity contribution >= 4 is 38.3 Å². The Morgan fingerprint density at radius 2 is 1.39 bits per heavy atom. The van der Waals surface area contributed by atoms with E-state index < -0.39 is 0 Å². The van der Waals surface area contributed by atoms with E-state index >= 15 is 0 Å². The monoisotopic (exact) mass is 414 g/mol. The summed E-state index contributed by atoms with van der Waals surface area (Å²) in [6, 6.07) is 18.8. The zero-order chi connectivity index (χ0) is 21.0. The van der Waals surface area contributed by atoms with Crippen LogP contribution in [0.3, 0.4) is 0 Å². The predicted molar refractivity (Wildman–Crippen MR) is 127 cm³/mol. The van der Waals surface area contributed by atoms with E-state index in [-0.39, 0.29) is 5.97 Å². The van der Waals surface area contributed by atoms with Crippen LogP contribution in [0.4, 0.5) is 0 Å². The molecule has 1 aliphatic heterocycles. The lowest BCUT2D eigenvalue weighted by molar-refractivity contribution is 0.0500. The molecule has 1 saturated heterocycles. The van der Waals surface area contributed by atoms with E-state index in [0.717, 1.165) is 24.8 Å². The van der Waals surface area contributed by atoms with Crippen LogP contribution in [-0.2, 0) is 9.47 Å². The second-order valence-corrected chi connectivity index (χ2v) is 8.82. The van der Waals surface area contributed by atoms with Crippen molar-refractivity contribution in [3.8, 4) is 0 Å². The first kappa shape index (κ1) is 20.3. The van der Waals surface area contributed by atoms with Gasteiger partial charge in [0.25, 0.3) is 0 Å². The standard InChI is InChI=1S/C28H30O3/c29-28(30-18-7-5-3-1-2-4-6-11-23-19-31-23)25-17-15-22-13-12-20-9-8-10-21-14-16-24(25)27(22)26(20)21/h8-10,12-17,23H,1-7,11,18-19H2. The van der Waals surface area contributed by atoms with E-state index in [0.29, 0.717) is 18.3 Å². The van der Waals surface area contributed by atoms with E-state index in [1.165, 1.54) is 65.5 Å². The van der Waals surface area contributed by atoms with E-state index in [4.69, 9.17) is 9.47 Å². The Bertz CT molecular complexity index is 1160. The number of hydrogen-bond acceptors (Lipinski definition) is 3. The summed E-state index contributed by atoms with van der Waals surface area (Å²) in [7, 11) is 0. The van der Waals surface area contributed by atoms with Gasteiger partial charge >= 0.3 is 5.97 Å². The Morgan fingerprint density at radius 3 is 2.13 bits per heavy atom. The lowest BCUT2D eigenvalue weighted by atomic mass is 9.92. The number of rotatable bonds is 11. The predicted octanol–water partition coefficient (Wildman–Crippen LogP) is 7.26. The summed E-state index contributed by atoms with van der Waals surface area (Å²) in [6.45, 7) is 1.48. The van der Waals surface area contributed by atoms with Gasteiger partial charge < -0.3 is 9.47 Å². The van der Waals surface area contributed by atoms with Gasteiger partial charge in [-0.05, 0) is 51.2 Å². The fourth-order valence-corrected chi connectivity index (χ4v) is 4.75. The van der Waals surface area contributed by atoms with Crippen molar-refractivity contribution in [2.24, 2.45) is 0 Å². The summed E-state index contributed by atoms with van der Waals surface area (Å²) in [5, 5.41) is 6.97. The Kier molecular flexibility index (Phi) is 6.04. The summed E-state index contributed by atoms with van der Waals surface area (Å²) in [5.74, 6) is -0.208. The van der Waals surface area contributed by atoms with Gasteiger partial charge in [-0.2, -0.15) is 0 Å². The van der Waals surface area contributed by atoms with E-state index in [9.17, 15) is 4.79 Å². The second-order valence-electron chi connectivity index (χ2n) is 8.82. The number of ether oxygens (including phenoxy) is 2. The topological polar surface area (TPSA) is 38.8 Å². The number of esters is 1. The van der Waals surface area contributed by atoms with Crippen LogP contribution in [-0.4, -0.2) is 25.3 Å². The summed E-state index contributed by atoms with van der Waals surface area (Å²) in [5.41, 5.74) is 0.672. The van der Waals surface area contributed by atoms with Crippen LogP contribution in [0.1, 0.15) is 61.7 Å². The van der Waals surface area contributed by atoms with Crippen LogP contribution >= 0.6 is 0 Å². The second kappa shape index (κ2) is 9.23. The molecule has 0 N–H and O–H groups in total. The molecule has 1 unspecified atom stereocenters. The van der Waals surface area contributed by atoms with Crippen LogP contribution in [0.15, 0.2) is 54.6 Å². The molecule has 0 aromatic heterocycles. The maximum absolute atomic E-state index is 12.8. The Morgan fingerprint density at radius 1 is 0.774 bits per heavy atom. The average Bonchev–Trinajstić information content (AvgIpc) is 3.63. The molecule has 3 heteroatoms. The number of unbranched alkanes of at least 4 members (excludes halogenated alkanes) is 6. The quantitative estimate of drug-likeness (QED) is 0.112. The van der Waals surface area contributed by atoms with Crippen molar-refractivity contribution in [2.45, 2.75) is 57.5 Å². The van der Waals surface area contributed by atoms with Gasteiger partial charge in [-0.25, -0.2) is 4.79 Å². The highest BCUT2D eigenvalue weighted by atomic mass is 16.6. The molecule has 4 aromatic rings. The van der Waals surface area contributed by atoms with Gasteiger partial charge in [0.05, 0.1) is 24.9 Å². The molecule has 1 atom stereocenters. The normalized spacial score (nSPS) is 15.8. The lowest BCUT2D eigenvalue weighted by Gasteiger charge is -2.13. The van der Waals surface area contributed by atoms with Gasteiger partial charge in [0.2, 0.25) is 0 Å². The molecule has 1 heterocycles. The van der Waals surface area contributed by atoms with Crippen LogP contribution < -0.4 is 0 Å². The zero-order valence-corrected chi connectivity index (χ0v) is 18.1. The van der Waals surface area contributed by atoms with Crippen molar-refractivity contribution in [1.82, 2.24) is 0 Å². The molecule has 31 heavy (non-hydrogen) atoms.